The number of hydrogen-bond donors (Lipinski definition) is 1. The standard InChI is InChI=1S/C20H21N5O/c1-14-11-19(25-9-3-2-4-10-25)24-17-6-5-15(12-16(14)17)23-20(26)18-13-21-7-8-22-18/h5-8,11-13H,2-4,9-10H2,1H3,(H,23,26). The van der Waals surface area contributed by atoms with Crippen molar-refractivity contribution in [3.8, 4) is 0 Å². The molecule has 1 aliphatic heterocycles. The van der Waals surface area contributed by atoms with Crippen molar-refractivity contribution in [2.45, 2.75) is 26.2 Å². The Bertz CT molecular complexity index is 936. The van der Waals surface area contributed by atoms with E-state index in [1.54, 1.807) is 6.20 Å². The van der Waals surface area contributed by atoms with Crippen LogP contribution in [0.15, 0.2) is 42.9 Å². The Morgan fingerprint density at radius 1 is 1.12 bits per heavy atom. The molecule has 0 unspecified atom stereocenters. The Morgan fingerprint density at radius 2 is 1.96 bits per heavy atom. The molecule has 1 amide bonds. The maximum Gasteiger partial charge on any atom is 0.275 e. The van der Waals surface area contributed by atoms with Crippen molar-refractivity contribution in [2.75, 3.05) is 23.3 Å². The van der Waals surface area contributed by atoms with Crippen molar-refractivity contribution in [1.29, 1.82) is 0 Å². The summed E-state index contributed by atoms with van der Waals surface area (Å²) in [5.74, 6) is 0.777. The number of benzene rings is 1. The summed E-state index contributed by atoms with van der Waals surface area (Å²) in [6, 6.07) is 7.94. The molecule has 1 aromatic carbocycles. The molecule has 1 saturated heterocycles. The topological polar surface area (TPSA) is 71.0 Å². The second-order valence-electron chi connectivity index (χ2n) is 6.62. The van der Waals surface area contributed by atoms with Crippen molar-refractivity contribution >= 4 is 28.3 Å². The number of carbonyl (C=O) groups excluding carboxylic acids is 1. The normalized spacial score (nSPS) is 14.4. The molecule has 0 atom stereocenters. The van der Waals surface area contributed by atoms with E-state index < -0.39 is 0 Å². The molecule has 1 aliphatic rings. The molecule has 1 fully saturated rings. The first-order valence-corrected chi connectivity index (χ1v) is 8.94. The summed E-state index contributed by atoms with van der Waals surface area (Å²) in [6.07, 6.45) is 8.26. The molecule has 0 radical (unpaired) electrons. The Labute approximate surface area is 152 Å². The van der Waals surface area contributed by atoms with E-state index in [-0.39, 0.29) is 5.91 Å². The van der Waals surface area contributed by atoms with Crippen LogP contribution < -0.4 is 10.2 Å². The van der Waals surface area contributed by atoms with Gasteiger partial charge in [0.05, 0.1) is 11.7 Å². The van der Waals surface area contributed by atoms with Gasteiger partial charge in [-0.05, 0) is 56.0 Å². The number of aromatic nitrogens is 3. The number of rotatable bonds is 3. The van der Waals surface area contributed by atoms with Gasteiger partial charge in [-0.25, -0.2) is 9.97 Å². The van der Waals surface area contributed by atoms with E-state index in [0.717, 1.165) is 41.1 Å². The molecule has 6 nitrogen and oxygen atoms in total. The Morgan fingerprint density at radius 3 is 2.73 bits per heavy atom. The summed E-state index contributed by atoms with van der Waals surface area (Å²) in [5, 5.41) is 3.92. The molecular formula is C20H21N5O. The van der Waals surface area contributed by atoms with Crippen LogP contribution >= 0.6 is 0 Å². The molecule has 3 aromatic rings. The number of anilines is 2. The summed E-state index contributed by atoms with van der Waals surface area (Å²) in [5.41, 5.74) is 3.13. The van der Waals surface area contributed by atoms with Gasteiger partial charge in [0.2, 0.25) is 0 Å². The quantitative estimate of drug-likeness (QED) is 0.784. The Balaban J connectivity index is 1.61. The Kier molecular flexibility index (Phi) is 4.48. The maximum atomic E-state index is 12.3. The molecule has 1 N–H and O–H groups in total. The average molecular weight is 347 g/mol. The fraction of sp³-hybridized carbons (Fsp3) is 0.300. The molecule has 3 heterocycles. The van der Waals surface area contributed by atoms with Gasteiger partial charge in [-0.2, -0.15) is 0 Å². The van der Waals surface area contributed by atoms with E-state index in [9.17, 15) is 4.79 Å². The van der Waals surface area contributed by atoms with Gasteiger partial charge in [0.1, 0.15) is 11.5 Å². The minimum Gasteiger partial charge on any atom is -0.357 e. The Hall–Kier alpha value is -3.02. The predicted molar refractivity (Wildman–Crippen MR) is 103 cm³/mol. The average Bonchev–Trinajstić information content (AvgIpc) is 2.69. The lowest BCUT2D eigenvalue weighted by Gasteiger charge is -2.28. The van der Waals surface area contributed by atoms with Gasteiger partial charge in [-0.15, -0.1) is 0 Å². The number of hydrogen-bond acceptors (Lipinski definition) is 5. The van der Waals surface area contributed by atoms with E-state index in [0.29, 0.717) is 5.69 Å². The molecular weight excluding hydrogens is 326 g/mol. The van der Waals surface area contributed by atoms with Gasteiger partial charge < -0.3 is 10.2 Å². The first kappa shape index (κ1) is 16.4. The van der Waals surface area contributed by atoms with Crippen molar-refractivity contribution in [1.82, 2.24) is 15.0 Å². The highest BCUT2D eigenvalue weighted by Crippen LogP contribution is 2.27. The lowest BCUT2D eigenvalue weighted by Crippen LogP contribution is -2.30. The van der Waals surface area contributed by atoms with Crippen molar-refractivity contribution < 1.29 is 4.79 Å². The van der Waals surface area contributed by atoms with Gasteiger partial charge in [-0.1, -0.05) is 0 Å². The van der Waals surface area contributed by atoms with Crippen LogP contribution in [0.3, 0.4) is 0 Å². The predicted octanol–water partition coefficient (Wildman–Crippen LogP) is 3.58. The zero-order valence-electron chi connectivity index (χ0n) is 14.8. The number of carbonyl (C=O) groups is 1. The second kappa shape index (κ2) is 7.07. The SMILES string of the molecule is Cc1cc(N2CCCCC2)nc2ccc(NC(=O)c3cnccn3)cc12. The summed E-state index contributed by atoms with van der Waals surface area (Å²) in [7, 11) is 0. The second-order valence-corrected chi connectivity index (χ2v) is 6.62. The third-order valence-electron chi connectivity index (χ3n) is 4.74. The van der Waals surface area contributed by atoms with Gasteiger partial charge in [0, 0.05) is 36.6 Å². The number of aryl methyl sites for hydroxylation is 1. The highest BCUT2D eigenvalue weighted by atomic mass is 16.1. The van der Waals surface area contributed by atoms with Gasteiger partial charge in [0.15, 0.2) is 0 Å². The molecule has 0 bridgehead atoms. The van der Waals surface area contributed by atoms with Crippen LogP contribution in [0, 0.1) is 6.92 Å². The minimum atomic E-state index is -0.270. The number of piperidine rings is 1. The lowest BCUT2D eigenvalue weighted by molar-refractivity contribution is 0.102. The van der Waals surface area contributed by atoms with Crippen LogP contribution in [0.25, 0.3) is 10.9 Å². The maximum absolute atomic E-state index is 12.3. The van der Waals surface area contributed by atoms with Gasteiger partial charge >= 0.3 is 0 Å². The third-order valence-corrected chi connectivity index (χ3v) is 4.74. The van der Waals surface area contributed by atoms with Crippen LogP contribution in [0.4, 0.5) is 11.5 Å². The van der Waals surface area contributed by atoms with Crippen LogP contribution in [0.1, 0.15) is 35.3 Å². The highest BCUT2D eigenvalue weighted by Gasteiger charge is 2.14. The van der Waals surface area contributed by atoms with Gasteiger partial charge in [0.25, 0.3) is 5.91 Å². The van der Waals surface area contributed by atoms with Crippen LogP contribution in [0.5, 0.6) is 0 Å². The molecule has 0 aliphatic carbocycles. The lowest BCUT2D eigenvalue weighted by atomic mass is 10.1. The molecule has 132 valence electrons. The number of nitrogens with zero attached hydrogens (tertiary/aromatic N) is 4. The van der Waals surface area contributed by atoms with E-state index in [2.05, 4.69) is 33.2 Å². The monoisotopic (exact) mass is 347 g/mol. The minimum absolute atomic E-state index is 0.270. The van der Waals surface area contributed by atoms with E-state index in [1.807, 2.05) is 18.2 Å². The van der Waals surface area contributed by atoms with Gasteiger partial charge in [-0.3, -0.25) is 9.78 Å². The first-order valence-electron chi connectivity index (χ1n) is 8.94. The van der Waals surface area contributed by atoms with E-state index in [1.165, 1.54) is 31.7 Å². The van der Waals surface area contributed by atoms with Crippen molar-refractivity contribution in [3.63, 3.8) is 0 Å². The fourth-order valence-corrected chi connectivity index (χ4v) is 3.35. The molecule has 0 saturated carbocycles. The van der Waals surface area contributed by atoms with Crippen LogP contribution in [-0.4, -0.2) is 33.9 Å². The smallest absolute Gasteiger partial charge is 0.275 e. The van der Waals surface area contributed by atoms with E-state index in [4.69, 9.17) is 4.98 Å². The van der Waals surface area contributed by atoms with Crippen molar-refractivity contribution in [2.24, 2.45) is 0 Å². The summed E-state index contributed by atoms with van der Waals surface area (Å²) < 4.78 is 0. The zero-order chi connectivity index (χ0) is 17.9. The highest BCUT2D eigenvalue weighted by molar-refractivity contribution is 6.03. The van der Waals surface area contributed by atoms with Crippen LogP contribution in [-0.2, 0) is 0 Å². The largest absolute Gasteiger partial charge is 0.357 e. The van der Waals surface area contributed by atoms with E-state index >= 15 is 0 Å². The summed E-state index contributed by atoms with van der Waals surface area (Å²) >= 11 is 0. The molecule has 0 spiro atoms. The summed E-state index contributed by atoms with van der Waals surface area (Å²) in [6.45, 7) is 4.24. The number of pyridine rings is 1. The number of fused-ring (bicyclic) bond motifs is 1. The molecule has 2 aromatic heterocycles. The van der Waals surface area contributed by atoms with Crippen molar-refractivity contribution in [3.05, 3.63) is 54.1 Å². The molecule has 4 rings (SSSR count). The first-order chi connectivity index (χ1) is 12.7. The summed E-state index contributed by atoms with van der Waals surface area (Å²) in [4.78, 5) is 27.4. The fourth-order valence-electron chi connectivity index (χ4n) is 3.35. The number of nitrogens with one attached hydrogen (secondary N) is 1. The zero-order valence-corrected chi connectivity index (χ0v) is 14.8. The van der Waals surface area contributed by atoms with Crippen LogP contribution in [0.2, 0.25) is 0 Å². The third kappa shape index (κ3) is 3.35. The molecule has 26 heavy (non-hydrogen) atoms. The number of amides is 1. The molecule has 6 heteroatoms.